The van der Waals surface area contributed by atoms with Crippen LogP contribution >= 0.6 is 35.0 Å². The zero-order valence-electron chi connectivity index (χ0n) is 9.17. The van der Waals surface area contributed by atoms with E-state index in [-0.39, 0.29) is 0 Å². The lowest BCUT2D eigenvalue weighted by molar-refractivity contribution is 0.886. The van der Waals surface area contributed by atoms with Gasteiger partial charge in [-0.1, -0.05) is 36.0 Å². The molecule has 1 aromatic rings. The van der Waals surface area contributed by atoms with Crippen LogP contribution in [-0.2, 0) is 5.75 Å². The van der Waals surface area contributed by atoms with Crippen molar-refractivity contribution >= 4 is 35.0 Å². The highest BCUT2D eigenvalue weighted by Gasteiger charge is 2.16. The van der Waals surface area contributed by atoms with E-state index in [9.17, 15) is 0 Å². The maximum Gasteiger partial charge on any atom is 0.141 e. The molecule has 0 bridgehead atoms. The van der Waals surface area contributed by atoms with Crippen LogP contribution in [-0.4, -0.2) is 15.2 Å². The Morgan fingerprint density at radius 3 is 2.31 bits per heavy atom. The molecule has 0 saturated heterocycles. The molecule has 1 aliphatic carbocycles. The van der Waals surface area contributed by atoms with Crippen molar-refractivity contribution in [1.29, 1.82) is 0 Å². The van der Waals surface area contributed by atoms with Gasteiger partial charge in [-0.2, -0.15) is 11.8 Å². The Bertz CT molecular complexity index is 355. The third-order valence-corrected chi connectivity index (χ3v) is 4.93. The maximum absolute atomic E-state index is 5.97. The van der Waals surface area contributed by atoms with Gasteiger partial charge < -0.3 is 0 Å². The van der Waals surface area contributed by atoms with Crippen LogP contribution < -0.4 is 0 Å². The summed E-state index contributed by atoms with van der Waals surface area (Å²) in [4.78, 5) is 8.49. The van der Waals surface area contributed by atoms with Crippen molar-refractivity contribution in [1.82, 2.24) is 9.97 Å². The monoisotopic (exact) mass is 276 g/mol. The van der Waals surface area contributed by atoms with E-state index in [1.165, 1.54) is 25.7 Å². The smallest absolute Gasteiger partial charge is 0.141 e. The zero-order chi connectivity index (χ0) is 11.5. The van der Waals surface area contributed by atoms with Crippen molar-refractivity contribution < 1.29 is 0 Å². The molecule has 0 amide bonds. The molecule has 2 rings (SSSR count). The third kappa shape index (κ3) is 3.02. The fraction of sp³-hybridized carbons (Fsp3) is 0.636. The van der Waals surface area contributed by atoms with Crippen LogP contribution in [0.15, 0.2) is 0 Å². The highest BCUT2D eigenvalue weighted by atomic mass is 35.5. The van der Waals surface area contributed by atoms with Crippen LogP contribution in [0.2, 0.25) is 10.3 Å². The van der Waals surface area contributed by atoms with E-state index in [0.717, 1.165) is 22.4 Å². The second kappa shape index (κ2) is 5.56. The van der Waals surface area contributed by atoms with Crippen LogP contribution in [0.3, 0.4) is 0 Å². The molecule has 1 aromatic heterocycles. The summed E-state index contributed by atoms with van der Waals surface area (Å²) in [7, 11) is 0. The van der Waals surface area contributed by atoms with Gasteiger partial charge in [-0.15, -0.1) is 0 Å². The van der Waals surface area contributed by atoms with E-state index >= 15 is 0 Å². The zero-order valence-corrected chi connectivity index (χ0v) is 11.5. The van der Waals surface area contributed by atoms with Gasteiger partial charge >= 0.3 is 0 Å². The van der Waals surface area contributed by atoms with Gasteiger partial charge in [0.25, 0.3) is 0 Å². The molecule has 1 heterocycles. The topological polar surface area (TPSA) is 25.8 Å². The molecular weight excluding hydrogens is 263 g/mol. The number of hydrogen-bond acceptors (Lipinski definition) is 3. The number of nitrogens with zero attached hydrogens (tertiary/aromatic N) is 2. The SMILES string of the molecule is Cc1c(Cl)nc(CSC2CCCC2)nc1Cl. The average Bonchev–Trinajstić information content (AvgIpc) is 2.75. The van der Waals surface area contributed by atoms with E-state index in [1.54, 1.807) is 0 Å². The van der Waals surface area contributed by atoms with Crippen LogP contribution in [0.1, 0.15) is 37.1 Å². The quantitative estimate of drug-likeness (QED) is 0.772. The lowest BCUT2D eigenvalue weighted by Gasteiger charge is -2.08. The van der Waals surface area contributed by atoms with Gasteiger partial charge in [0.05, 0.1) is 5.75 Å². The first-order chi connectivity index (χ1) is 7.66. The van der Waals surface area contributed by atoms with Gasteiger partial charge in [-0.3, -0.25) is 0 Å². The second-order valence-corrected chi connectivity index (χ2v) is 6.07. The number of hydrogen-bond donors (Lipinski definition) is 0. The fourth-order valence-electron chi connectivity index (χ4n) is 1.82. The third-order valence-electron chi connectivity index (χ3n) is 2.82. The molecule has 0 unspecified atom stereocenters. The van der Waals surface area contributed by atoms with Gasteiger partial charge in [-0.25, -0.2) is 9.97 Å². The summed E-state index contributed by atoms with van der Waals surface area (Å²) in [5.41, 5.74) is 0.762. The van der Waals surface area contributed by atoms with Gasteiger partial charge in [0.1, 0.15) is 16.1 Å². The number of halogens is 2. The second-order valence-electron chi connectivity index (χ2n) is 4.06. The highest BCUT2D eigenvalue weighted by molar-refractivity contribution is 7.99. The molecule has 1 saturated carbocycles. The summed E-state index contributed by atoms with van der Waals surface area (Å²) < 4.78 is 0. The summed E-state index contributed by atoms with van der Waals surface area (Å²) in [6.45, 7) is 1.83. The molecule has 0 spiro atoms. The largest absolute Gasteiger partial charge is 0.220 e. The summed E-state index contributed by atoms with van der Waals surface area (Å²) in [5, 5.41) is 1.71. The molecule has 0 aliphatic heterocycles. The van der Waals surface area contributed by atoms with E-state index in [4.69, 9.17) is 23.2 Å². The summed E-state index contributed by atoms with van der Waals surface area (Å²) in [6.07, 6.45) is 5.35. The molecule has 5 heteroatoms. The van der Waals surface area contributed by atoms with Crippen molar-refractivity contribution in [3.63, 3.8) is 0 Å². The molecule has 88 valence electrons. The Balaban J connectivity index is 1.98. The number of thioether (sulfide) groups is 1. The Morgan fingerprint density at radius 1 is 1.19 bits per heavy atom. The Kier molecular flexibility index (Phi) is 4.34. The van der Waals surface area contributed by atoms with Crippen LogP contribution in [0.25, 0.3) is 0 Å². The summed E-state index contributed by atoms with van der Waals surface area (Å²) in [6, 6.07) is 0. The van der Waals surface area contributed by atoms with Gasteiger partial charge in [-0.05, 0) is 19.8 Å². The van der Waals surface area contributed by atoms with Crippen LogP contribution in [0, 0.1) is 6.92 Å². The molecule has 0 N–H and O–H groups in total. The van der Waals surface area contributed by atoms with E-state index < -0.39 is 0 Å². The lowest BCUT2D eigenvalue weighted by atomic mass is 10.4. The molecule has 2 nitrogen and oxygen atoms in total. The fourth-order valence-corrected chi connectivity index (χ4v) is 3.42. The van der Waals surface area contributed by atoms with Crippen molar-refractivity contribution in [3.05, 3.63) is 21.7 Å². The minimum Gasteiger partial charge on any atom is -0.220 e. The minimum absolute atomic E-state index is 0.474. The highest BCUT2D eigenvalue weighted by Crippen LogP contribution is 2.31. The van der Waals surface area contributed by atoms with Gasteiger partial charge in [0.2, 0.25) is 0 Å². The Labute approximate surface area is 110 Å². The normalized spacial score (nSPS) is 16.9. The standard InChI is InChI=1S/C11H14Cl2N2S/c1-7-10(12)14-9(15-11(7)13)6-16-8-4-2-3-5-8/h8H,2-6H2,1H3. The first kappa shape index (κ1) is 12.5. The van der Waals surface area contributed by atoms with Gasteiger partial charge in [0.15, 0.2) is 0 Å². The molecule has 0 atom stereocenters. The van der Waals surface area contributed by atoms with Gasteiger partial charge in [0, 0.05) is 10.8 Å². The van der Waals surface area contributed by atoms with E-state index in [2.05, 4.69) is 9.97 Å². The predicted molar refractivity (Wildman–Crippen MR) is 70.3 cm³/mol. The first-order valence-electron chi connectivity index (χ1n) is 5.47. The number of rotatable bonds is 3. The average molecular weight is 277 g/mol. The predicted octanol–water partition coefficient (Wildman–Crippen LogP) is 4.27. The molecule has 1 fully saturated rings. The number of aromatic nitrogens is 2. The Morgan fingerprint density at radius 2 is 1.75 bits per heavy atom. The van der Waals surface area contributed by atoms with Crippen molar-refractivity contribution in [2.45, 2.75) is 43.6 Å². The minimum atomic E-state index is 0.474. The van der Waals surface area contributed by atoms with Crippen molar-refractivity contribution in [3.8, 4) is 0 Å². The molecule has 0 radical (unpaired) electrons. The van der Waals surface area contributed by atoms with Crippen LogP contribution in [0.4, 0.5) is 0 Å². The Hall–Kier alpha value is 0.01000. The van der Waals surface area contributed by atoms with Crippen LogP contribution in [0.5, 0.6) is 0 Å². The first-order valence-corrected chi connectivity index (χ1v) is 7.27. The van der Waals surface area contributed by atoms with E-state index in [0.29, 0.717) is 10.3 Å². The van der Waals surface area contributed by atoms with Crippen molar-refractivity contribution in [2.75, 3.05) is 0 Å². The van der Waals surface area contributed by atoms with Crippen molar-refractivity contribution in [2.24, 2.45) is 0 Å². The molecule has 16 heavy (non-hydrogen) atoms. The lowest BCUT2D eigenvalue weighted by Crippen LogP contribution is -2.00. The molecule has 0 aromatic carbocycles. The summed E-state index contributed by atoms with van der Waals surface area (Å²) in [5.74, 6) is 1.56. The summed E-state index contributed by atoms with van der Waals surface area (Å²) >= 11 is 13.9. The molecule has 1 aliphatic rings. The maximum atomic E-state index is 5.97. The molecular formula is C11H14Cl2N2S. The van der Waals surface area contributed by atoms with E-state index in [1.807, 2.05) is 18.7 Å².